The lowest BCUT2D eigenvalue weighted by Gasteiger charge is -2.15. The first-order chi connectivity index (χ1) is 8.16. The van der Waals surface area contributed by atoms with Crippen molar-refractivity contribution in [2.45, 2.75) is 6.54 Å². The predicted molar refractivity (Wildman–Crippen MR) is 61.4 cm³/mol. The van der Waals surface area contributed by atoms with E-state index in [9.17, 15) is 4.79 Å². The second-order valence-corrected chi connectivity index (χ2v) is 3.85. The van der Waals surface area contributed by atoms with Crippen LogP contribution in [0.4, 0.5) is 0 Å². The first-order valence-corrected chi connectivity index (χ1v) is 5.26. The van der Waals surface area contributed by atoms with E-state index in [2.05, 4.69) is 20.2 Å². The Bertz CT molecular complexity index is 513. The zero-order valence-corrected chi connectivity index (χ0v) is 9.85. The molecule has 0 spiro atoms. The van der Waals surface area contributed by atoms with Gasteiger partial charge in [0.25, 0.3) is 5.91 Å². The highest BCUT2D eigenvalue weighted by atomic mass is 35.5. The summed E-state index contributed by atoms with van der Waals surface area (Å²) in [6.45, 7) is 0.360. The summed E-state index contributed by atoms with van der Waals surface area (Å²) >= 11 is 5.73. The van der Waals surface area contributed by atoms with Gasteiger partial charge < -0.3 is 4.90 Å². The molecule has 0 fully saturated rings. The summed E-state index contributed by atoms with van der Waals surface area (Å²) in [4.78, 5) is 21.3. The molecule has 0 saturated heterocycles. The minimum atomic E-state index is -0.147. The van der Waals surface area contributed by atoms with Crippen molar-refractivity contribution in [3.05, 3.63) is 41.2 Å². The van der Waals surface area contributed by atoms with Gasteiger partial charge in [-0.1, -0.05) is 11.6 Å². The summed E-state index contributed by atoms with van der Waals surface area (Å²) in [6, 6.07) is 3.14. The van der Waals surface area contributed by atoms with E-state index in [1.165, 1.54) is 23.5 Å². The van der Waals surface area contributed by atoms with Crippen LogP contribution < -0.4 is 0 Å². The van der Waals surface area contributed by atoms with Crippen LogP contribution in [0.2, 0.25) is 5.15 Å². The fourth-order valence-electron chi connectivity index (χ4n) is 1.36. The SMILES string of the molecule is CN(Cc1ncn[nH]1)C(=O)c1ccnc(Cl)c1. The Morgan fingerprint density at radius 1 is 1.53 bits per heavy atom. The van der Waals surface area contributed by atoms with Gasteiger partial charge in [-0.05, 0) is 12.1 Å². The van der Waals surface area contributed by atoms with Crippen LogP contribution in [0.3, 0.4) is 0 Å². The van der Waals surface area contributed by atoms with Crippen molar-refractivity contribution < 1.29 is 4.79 Å². The number of aromatic amines is 1. The minimum absolute atomic E-state index is 0.147. The maximum absolute atomic E-state index is 12.0. The number of halogens is 1. The van der Waals surface area contributed by atoms with Crippen LogP contribution in [0.5, 0.6) is 0 Å². The van der Waals surface area contributed by atoms with E-state index < -0.39 is 0 Å². The normalized spacial score (nSPS) is 10.2. The van der Waals surface area contributed by atoms with Crippen molar-refractivity contribution in [2.75, 3.05) is 7.05 Å². The van der Waals surface area contributed by atoms with Crippen molar-refractivity contribution in [3.63, 3.8) is 0 Å². The lowest BCUT2D eigenvalue weighted by molar-refractivity contribution is 0.0781. The molecule has 2 rings (SSSR count). The third-order valence-corrected chi connectivity index (χ3v) is 2.38. The molecule has 0 aliphatic heterocycles. The topological polar surface area (TPSA) is 74.8 Å². The third-order valence-electron chi connectivity index (χ3n) is 2.17. The third kappa shape index (κ3) is 2.79. The number of carbonyl (C=O) groups excluding carboxylic acids is 1. The molecule has 0 aromatic carbocycles. The summed E-state index contributed by atoms with van der Waals surface area (Å²) < 4.78 is 0. The maximum atomic E-state index is 12.0. The highest BCUT2D eigenvalue weighted by Crippen LogP contribution is 2.10. The first kappa shape index (κ1) is 11.5. The molecule has 1 N–H and O–H groups in total. The largest absolute Gasteiger partial charge is 0.334 e. The highest BCUT2D eigenvalue weighted by Gasteiger charge is 2.13. The molecule has 88 valence electrons. The number of amides is 1. The van der Waals surface area contributed by atoms with Crippen molar-refractivity contribution >= 4 is 17.5 Å². The molecule has 0 saturated carbocycles. The summed E-state index contributed by atoms with van der Waals surface area (Å²) in [6.07, 6.45) is 2.90. The van der Waals surface area contributed by atoms with Crippen LogP contribution in [0, 0.1) is 0 Å². The Balaban J connectivity index is 2.09. The molecule has 0 aliphatic carbocycles. The molecule has 17 heavy (non-hydrogen) atoms. The van der Waals surface area contributed by atoms with Crippen LogP contribution in [0.1, 0.15) is 16.2 Å². The van der Waals surface area contributed by atoms with Gasteiger partial charge >= 0.3 is 0 Å². The second kappa shape index (κ2) is 4.92. The second-order valence-electron chi connectivity index (χ2n) is 3.46. The van der Waals surface area contributed by atoms with Crippen molar-refractivity contribution in [1.82, 2.24) is 25.1 Å². The monoisotopic (exact) mass is 251 g/mol. The van der Waals surface area contributed by atoms with E-state index in [1.807, 2.05) is 0 Å². The summed E-state index contributed by atoms with van der Waals surface area (Å²) in [5, 5.41) is 6.70. The maximum Gasteiger partial charge on any atom is 0.254 e. The number of rotatable bonds is 3. The standard InChI is InChI=1S/C10H10ClN5O/c1-16(5-9-13-6-14-15-9)10(17)7-2-3-12-8(11)4-7/h2-4,6H,5H2,1H3,(H,13,14,15). The molecule has 7 heteroatoms. The molecule has 0 unspecified atom stereocenters. The van der Waals surface area contributed by atoms with Crippen molar-refractivity contribution in [1.29, 1.82) is 0 Å². The highest BCUT2D eigenvalue weighted by molar-refractivity contribution is 6.29. The average Bonchev–Trinajstić information content (AvgIpc) is 2.80. The molecule has 6 nitrogen and oxygen atoms in total. The quantitative estimate of drug-likeness (QED) is 0.830. The Morgan fingerprint density at radius 2 is 2.35 bits per heavy atom. The molecule has 0 atom stereocenters. The van der Waals surface area contributed by atoms with Crippen LogP contribution in [-0.2, 0) is 6.54 Å². The van der Waals surface area contributed by atoms with E-state index in [0.29, 0.717) is 23.1 Å². The molecule has 1 amide bonds. The molecule has 2 aromatic rings. The lowest BCUT2D eigenvalue weighted by atomic mass is 10.2. The fraction of sp³-hybridized carbons (Fsp3) is 0.200. The van der Waals surface area contributed by atoms with Gasteiger partial charge in [-0.15, -0.1) is 0 Å². The molecular weight excluding hydrogens is 242 g/mol. The van der Waals surface area contributed by atoms with Gasteiger partial charge in [0, 0.05) is 18.8 Å². The molecule has 2 heterocycles. The van der Waals surface area contributed by atoms with Crippen molar-refractivity contribution in [3.8, 4) is 0 Å². The van der Waals surface area contributed by atoms with Crippen LogP contribution >= 0.6 is 11.6 Å². The van der Waals surface area contributed by atoms with E-state index in [-0.39, 0.29) is 5.91 Å². The predicted octanol–water partition coefficient (Wildman–Crippen LogP) is 1.13. The fourth-order valence-corrected chi connectivity index (χ4v) is 1.53. The first-order valence-electron chi connectivity index (χ1n) is 4.88. The average molecular weight is 252 g/mol. The molecule has 2 aromatic heterocycles. The number of aromatic nitrogens is 4. The van der Waals surface area contributed by atoms with Crippen LogP contribution in [-0.4, -0.2) is 38.0 Å². The number of hydrogen-bond donors (Lipinski definition) is 1. The molecule has 0 aliphatic rings. The van der Waals surface area contributed by atoms with Crippen molar-refractivity contribution in [2.24, 2.45) is 0 Å². The Labute approximate surface area is 103 Å². The Kier molecular flexibility index (Phi) is 3.34. The number of nitrogens with zero attached hydrogens (tertiary/aromatic N) is 4. The Morgan fingerprint density at radius 3 is 3.00 bits per heavy atom. The number of nitrogens with one attached hydrogen (secondary N) is 1. The van der Waals surface area contributed by atoms with Gasteiger partial charge in [0.15, 0.2) is 0 Å². The molecular formula is C10H10ClN5O. The van der Waals surface area contributed by atoms with E-state index in [1.54, 1.807) is 13.1 Å². The Hall–Kier alpha value is -1.95. The van der Waals surface area contributed by atoms with Crippen LogP contribution in [0.25, 0.3) is 0 Å². The number of hydrogen-bond acceptors (Lipinski definition) is 4. The number of pyridine rings is 1. The van der Waals surface area contributed by atoms with Gasteiger partial charge in [-0.3, -0.25) is 9.89 Å². The van der Waals surface area contributed by atoms with E-state index >= 15 is 0 Å². The van der Waals surface area contributed by atoms with Gasteiger partial charge in [0.05, 0.1) is 6.54 Å². The smallest absolute Gasteiger partial charge is 0.254 e. The molecule has 0 bridgehead atoms. The van der Waals surface area contributed by atoms with Gasteiger partial charge in [0.2, 0.25) is 0 Å². The lowest BCUT2D eigenvalue weighted by Crippen LogP contribution is -2.26. The van der Waals surface area contributed by atoms with Crippen LogP contribution in [0.15, 0.2) is 24.7 Å². The van der Waals surface area contributed by atoms with Gasteiger partial charge in [-0.25, -0.2) is 9.97 Å². The molecule has 0 radical (unpaired) electrons. The number of carbonyl (C=O) groups is 1. The van der Waals surface area contributed by atoms with E-state index in [4.69, 9.17) is 11.6 Å². The van der Waals surface area contributed by atoms with Gasteiger partial charge in [0.1, 0.15) is 17.3 Å². The summed E-state index contributed by atoms with van der Waals surface area (Å²) in [7, 11) is 1.68. The van der Waals surface area contributed by atoms with Gasteiger partial charge in [-0.2, -0.15) is 5.10 Å². The zero-order valence-electron chi connectivity index (χ0n) is 9.09. The summed E-state index contributed by atoms with van der Waals surface area (Å²) in [5.41, 5.74) is 0.493. The zero-order chi connectivity index (χ0) is 12.3. The van der Waals surface area contributed by atoms with E-state index in [0.717, 1.165) is 0 Å². The number of H-pyrrole nitrogens is 1. The summed E-state index contributed by atoms with van der Waals surface area (Å²) in [5.74, 6) is 0.478. The minimum Gasteiger partial charge on any atom is -0.334 e.